The van der Waals surface area contributed by atoms with Crippen LogP contribution in [0.25, 0.3) is 0 Å². The molecule has 0 saturated carbocycles. The summed E-state index contributed by atoms with van der Waals surface area (Å²) >= 11 is 1.82. The summed E-state index contributed by atoms with van der Waals surface area (Å²) in [5.41, 5.74) is 0. The molecule has 96 valence electrons. The van der Waals surface area contributed by atoms with Gasteiger partial charge in [0.2, 0.25) is 5.91 Å². The van der Waals surface area contributed by atoms with Crippen molar-refractivity contribution in [1.29, 1.82) is 0 Å². The molecule has 17 heavy (non-hydrogen) atoms. The van der Waals surface area contributed by atoms with Crippen molar-refractivity contribution in [3.05, 3.63) is 21.9 Å². The van der Waals surface area contributed by atoms with Crippen molar-refractivity contribution >= 4 is 17.2 Å². The van der Waals surface area contributed by atoms with Gasteiger partial charge in [0.15, 0.2) is 0 Å². The molecule has 0 aliphatic rings. The quantitative estimate of drug-likeness (QED) is 0.875. The van der Waals surface area contributed by atoms with E-state index in [0.717, 1.165) is 6.42 Å². The maximum atomic E-state index is 11.7. The van der Waals surface area contributed by atoms with Crippen LogP contribution in [-0.2, 0) is 11.2 Å². The first-order chi connectivity index (χ1) is 7.95. The van der Waals surface area contributed by atoms with Crippen LogP contribution in [0.15, 0.2) is 12.1 Å². The van der Waals surface area contributed by atoms with Crippen LogP contribution in [0.5, 0.6) is 0 Å². The molecule has 0 aliphatic heterocycles. The lowest BCUT2D eigenvalue weighted by Gasteiger charge is -2.21. The zero-order chi connectivity index (χ0) is 13.0. The van der Waals surface area contributed by atoms with Gasteiger partial charge in [0.25, 0.3) is 0 Å². The molecule has 1 amide bonds. The number of thiophene rings is 1. The molecule has 0 radical (unpaired) electrons. The Morgan fingerprint density at radius 2 is 2.06 bits per heavy atom. The first kappa shape index (κ1) is 14.2. The summed E-state index contributed by atoms with van der Waals surface area (Å²) in [5, 5.41) is 3.33. The average molecular weight is 254 g/mol. The molecule has 1 N–H and O–H groups in total. The number of nitrogens with one attached hydrogen (secondary N) is 1. The summed E-state index contributed by atoms with van der Waals surface area (Å²) in [4.78, 5) is 16.0. The SMILES string of the molecule is CCc1ccc(C(C)NC(C)C(=O)N(C)C)s1. The van der Waals surface area contributed by atoms with Crippen molar-refractivity contribution in [2.45, 2.75) is 39.3 Å². The largest absolute Gasteiger partial charge is 0.347 e. The first-order valence-corrected chi connectivity index (χ1v) is 6.83. The number of carbonyl (C=O) groups is 1. The summed E-state index contributed by atoms with van der Waals surface area (Å²) in [6, 6.07) is 4.39. The number of aryl methyl sites for hydroxylation is 1. The number of amides is 1. The highest BCUT2D eigenvalue weighted by Crippen LogP contribution is 2.23. The van der Waals surface area contributed by atoms with Gasteiger partial charge in [-0.05, 0) is 32.4 Å². The van der Waals surface area contributed by atoms with Gasteiger partial charge in [-0.15, -0.1) is 11.3 Å². The maximum Gasteiger partial charge on any atom is 0.238 e. The second kappa shape index (κ2) is 6.17. The van der Waals surface area contributed by atoms with Gasteiger partial charge in [-0.2, -0.15) is 0 Å². The summed E-state index contributed by atoms with van der Waals surface area (Å²) in [6.07, 6.45) is 1.07. The maximum absolute atomic E-state index is 11.7. The molecule has 2 atom stereocenters. The van der Waals surface area contributed by atoms with Crippen molar-refractivity contribution in [1.82, 2.24) is 10.2 Å². The standard InChI is InChI=1S/C13H22N2OS/c1-6-11-7-8-12(17-11)9(2)14-10(3)13(16)15(4)5/h7-10,14H,6H2,1-5H3. The smallest absolute Gasteiger partial charge is 0.238 e. The van der Waals surface area contributed by atoms with Crippen LogP contribution in [-0.4, -0.2) is 30.9 Å². The van der Waals surface area contributed by atoms with Gasteiger partial charge in [-0.25, -0.2) is 0 Å². The van der Waals surface area contributed by atoms with Crippen LogP contribution in [0.4, 0.5) is 0 Å². The first-order valence-electron chi connectivity index (χ1n) is 6.01. The van der Waals surface area contributed by atoms with Gasteiger partial charge >= 0.3 is 0 Å². The van der Waals surface area contributed by atoms with Crippen LogP contribution < -0.4 is 5.32 Å². The number of nitrogens with zero attached hydrogens (tertiary/aromatic N) is 1. The van der Waals surface area contributed by atoms with Crippen molar-refractivity contribution in [2.24, 2.45) is 0 Å². The Balaban J connectivity index is 2.59. The van der Waals surface area contributed by atoms with Crippen LogP contribution >= 0.6 is 11.3 Å². The number of hydrogen-bond donors (Lipinski definition) is 1. The fourth-order valence-electron chi connectivity index (χ4n) is 1.73. The molecule has 3 nitrogen and oxygen atoms in total. The number of hydrogen-bond acceptors (Lipinski definition) is 3. The van der Waals surface area contributed by atoms with E-state index in [9.17, 15) is 4.79 Å². The minimum absolute atomic E-state index is 0.115. The lowest BCUT2D eigenvalue weighted by atomic mass is 10.2. The van der Waals surface area contributed by atoms with E-state index >= 15 is 0 Å². The normalized spacial score (nSPS) is 14.4. The Hall–Kier alpha value is -0.870. The van der Waals surface area contributed by atoms with E-state index in [4.69, 9.17) is 0 Å². The molecule has 1 aromatic rings. The Labute approximate surface area is 108 Å². The van der Waals surface area contributed by atoms with Gasteiger partial charge in [-0.1, -0.05) is 6.92 Å². The summed E-state index contributed by atoms with van der Waals surface area (Å²) < 4.78 is 0. The third kappa shape index (κ3) is 3.82. The van der Waals surface area contributed by atoms with Crippen LogP contribution in [0, 0.1) is 0 Å². The van der Waals surface area contributed by atoms with Gasteiger partial charge < -0.3 is 4.90 Å². The zero-order valence-corrected chi connectivity index (χ0v) is 12.1. The van der Waals surface area contributed by atoms with Gasteiger partial charge in [0, 0.05) is 29.9 Å². The van der Waals surface area contributed by atoms with Crippen molar-refractivity contribution in [2.75, 3.05) is 14.1 Å². The molecule has 2 unspecified atom stereocenters. The molecule has 1 rings (SSSR count). The summed E-state index contributed by atoms with van der Waals surface area (Å²) in [6.45, 7) is 6.17. The Morgan fingerprint density at radius 1 is 1.41 bits per heavy atom. The second-order valence-corrected chi connectivity index (χ2v) is 5.70. The fraction of sp³-hybridized carbons (Fsp3) is 0.615. The van der Waals surface area contributed by atoms with Gasteiger partial charge in [0.05, 0.1) is 6.04 Å². The number of carbonyl (C=O) groups excluding carboxylic acids is 1. The lowest BCUT2D eigenvalue weighted by molar-refractivity contribution is -0.130. The third-order valence-corrected chi connectivity index (χ3v) is 4.18. The molecule has 0 aliphatic carbocycles. The zero-order valence-electron chi connectivity index (χ0n) is 11.3. The minimum Gasteiger partial charge on any atom is -0.347 e. The minimum atomic E-state index is -0.146. The van der Waals surface area contributed by atoms with E-state index in [-0.39, 0.29) is 18.0 Å². The number of rotatable bonds is 5. The highest BCUT2D eigenvalue weighted by atomic mass is 32.1. The molecular formula is C13H22N2OS. The monoisotopic (exact) mass is 254 g/mol. The molecule has 4 heteroatoms. The summed E-state index contributed by atoms with van der Waals surface area (Å²) in [5.74, 6) is 0.115. The topological polar surface area (TPSA) is 32.3 Å². The highest BCUT2D eigenvalue weighted by Gasteiger charge is 2.18. The van der Waals surface area contributed by atoms with Crippen molar-refractivity contribution < 1.29 is 4.79 Å². The molecule has 0 fully saturated rings. The molecule has 0 spiro atoms. The Morgan fingerprint density at radius 3 is 2.53 bits per heavy atom. The molecule has 1 aromatic heterocycles. The lowest BCUT2D eigenvalue weighted by Crippen LogP contribution is -2.42. The van der Waals surface area contributed by atoms with Crippen molar-refractivity contribution in [3.63, 3.8) is 0 Å². The van der Waals surface area contributed by atoms with Crippen LogP contribution in [0.1, 0.15) is 36.6 Å². The van der Waals surface area contributed by atoms with E-state index in [1.54, 1.807) is 19.0 Å². The van der Waals surface area contributed by atoms with E-state index in [1.165, 1.54) is 9.75 Å². The Bertz CT molecular complexity index is 373. The highest BCUT2D eigenvalue weighted by molar-refractivity contribution is 7.12. The van der Waals surface area contributed by atoms with Gasteiger partial charge in [0.1, 0.15) is 0 Å². The van der Waals surface area contributed by atoms with E-state index in [2.05, 4.69) is 31.3 Å². The van der Waals surface area contributed by atoms with E-state index < -0.39 is 0 Å². The third-order valence-electron chi connectivity index (χ3n) is 2.77. The molecular weight excluding hydrogens is 232 g/mol. The van der Waals surface area contributed by atoms with E-state index in [0.29, 0.717) is 0 Å². The average Bonchev–Trinajstić information content (AvgIpc) is 2.76. The van der Waals surface area contributed by atoms with Gasteiger partial charge in [-0.3, -0.25) is 10.1 Å². The molecule has 0 saturated heterocycles. The molecule has 0 bridgehead atoms. The van der Waals surface area contributed by atoms with Crippen molar-refractivity contribution in [3.8, 4) is 0 Å². The fourth-order valence-corrected chi connectivity index (χ4v) is 2.70. The predicted molar refractivity (Wildman–Crippen MR) is 73.4 cm³/mol. The summed E-state index contributed by atoms with van der Waals surface area (Å²) in [7, 11) is 3.57. The predicted octanol–water partition coefficient (Wildman–Crippen LogP) is 2.44. The van der Waals surface area contributed by atoms with Crippen LogP contribution in [0.2, 0.25) is 0 Å². The molecule has 0 aromatic carbocycles. The Kier molecular flexibility index (Phi) is 5.15. The molecule has 1 heterocycles. The number of likely N-dealkylation sites (N-methyl/N-ethyl adjacent to an activating group) is 1. The van der Waals surface area contributed by atoms with Crippen LogP contribution in [0.3, 0.4) is 0 Å². The van der Waals surface area contributed by atoms with E-state index in [1.807, 2.05) is 18.3 Å². The second-order valence-electron chi connectivity index (χ2n) is 4.50.